The summed E-state index contributed by atoms with van der Waals surface area (Å²) in [7, 11) is 0. The first-order valence-electron chi connectivity index (χ1n) is 5.11. The summed E-state index contributed by atoms with van der Waals surface area (Å²) in [6.45, 7) is 1.00. The molecule has 0 aliphatic carbocycles. The minimum atomic E-state index is -0.537. The maximum absolute atomic E-state index is 13.0. The van der Waals surface area contributed by atoms with Crippen molar-refractivity contribution in [1.82, 2.24) is 4.90 Å². The standard InChI is InChI=1S/C11H13FN2O2/c12-7-1-2-10(15)9(5-7)11(16)14-4-3-8(13)6-14/h1-2,5,8,15H,3-4,6,13H2. The van der Waals surface area contributed by atoms with Crippen molar-refractivity contribution in [3.8, 4) is 5.75 Å². The van der Waals surface area contributed by atoms with Gasteiger partial charge in [0, 0.05) is 19.1 Å². The van der Waals surface area contributed by atoms with Gasteiger partial charge in [-0.15, -0.1) is 0 Å². The molecule has 0 radical (unpaired) electrons. The molecule has 0 aromatic heterocycles. The molecule has 1 aliphatic rings. The zero-order chi connectivity index (χ0) is 11.7. The van der Waals surface area contributed by atoms with Crippen molar-refractivity contribution in [1.29, 1.82) is 0 Å². The molecule has 4 nitrogen and oxygen atoms in total. The average molecular weight is 224 g/mol. The molecule has 0 spiro atoms. The van der Waals surface area contributed by atoms with Crippen LogP contribution in [0.3, 0.4) is 0 Å². The summed E-state index contributed by atoms with van der Waals surface area (Å²) >= 11 is 0. The van der Waals surface area contributed by atoms with Gasteiger partial charge >= 0.3 is 0 Å². The van der Waals surface area contributed by atoms with Crippen molar-refractivity contribution >= 4 is 5.91 Å². The van der Waals surface area contributed by atoms with Crippen LogP contribution in [0.25, 0.3) is 0 Å². The Morgan fingerprint density at radius 1 is 1.56 bits per heavy atom. The van der Waals surface area contributed by atoms with E-state index in [1.165, 1.54) is 11.0 Å². The highest BCUT2D eigenvalue weighted by atomic mass is 19.1. The molecule has 16 heavy (non-hydrogen) atoms. The molecule has 0 bridgehead atoms. The molecule has 1 amide bonds. The van der Waals surface area contributed by atoms with E-state index in [9.17, 15) is 14.3 Å². The average Bonchev–Trinajstić information content (AvgIpc) is 2.67. The number of amides is 1. The van der Waals surface area contributed by atoms with Crippen molar-refractivity contribution in [3.05, 3.63) is 29.6 Å². The van der Waals surface area contributed by atoms with Crippen LogP contribution in [0, 0.1) is 5.82 Å². The highest BCUT2D eigenvalue weighted by Crippen LogP contribution is 2.21. The van der Waals surface area contributed by atoms with E-state index in [0.29, 0.717) is 13.1 Å². The Balaban J connectivity index is 2.23. The number of nitrogens with two attached hydrogens (primary N) is 1. The third-order valence-electron chi connectivity index (χ3n) is 2.70. The van der Waals surface area contributed by atoms with E-state index in [2.05, 4.69) is 0 Å². The van der Waals surface area contributed by atoms with E-state index >= 15 is 0 Å². The second kappa shape index (κ2) is 4.09. The predicted molar refractivity (Wildman–Crippen MR) is 56.6 cm³/mol. The van der Waals surface area contributed by atoms with E-state index in [1.54, 1.807) is 0 Å². The zero-order valence-corrected chi connectivity index (χ0v) is 8.69. The first kappa shape index (κ1) is 10.9. The van der Waals surface area contributed by atoms with Crippen LogP contribution >= 0.6 is 0 Å². The van der Waals surface area contributed by atoms with Crippen molar-refractivity contribution in [2.24, 2.45) is 5.73 Å². The van der Waals surface area contributed by atoms with Gasteiger partial charge in [-0.25, -0.2) is 4.39 Å². The SMILES string of the molecule is NC1CCN(C(=O)c2cc(F)ccc2O)C1. The van der Waals surface area contributed by atoms with Crippen molar-refractivity contribution in [2.45, 2.75) is 12.5 Å². The summed E-state index contributed by atoms with van der Waals surface area (Å²) in [5.41, 5.74) is 5.67. The largest absolute Gasteiger partial charge is 0.507 e. The lowest BCUT2D eigenvalue weighted by Crippen LogP contribution is -2.31. The monoisotopic (exact) mass is 224 g/mol. The van der Waals surface area contributed by atoms with Crippen LogP contribution in [0.2, 0.25) is 0 Å². The second-order valence-corrected chi connectivity index (χ2v) is 3.96. The molecule has 5 heteroatoms. The summed E-state index contributed by atoms with van der Waals surface area (Å²) in [5, 5.41) is 9.49. The van der Waals surface area contributed by atoms with Gasteiger partial charge in [0.15, 0.2) is 0 Å². The number of rotatable bonds is 1. The fourth-order valence-corrected chi connectivity index (χ4v) is 1.82. The lowest BCUT2D eigenvalue weighted by Gasteiger charge is -2.16. The third-order valence-corrected chi connectivity index (χ3v) is 2.70. The quantitative estimate of drug-likeness (QED) is 0.738. The van der Waals surface area contributed by atoms with E-state index < -0.39 is 5.82 Å². The van der Waals surface area contributed by atoms with Crippen molar-refractivity contribution in [2.75, 3.05) is 13.1 Å². The van der Waals surface area contributed by atoms with Gasteiger partial charge in [0.1, 0.15) is 11.6 Å². The number of hydrogen-bond acceptors (Lipinski definition) is 3. The van der Waals surface area contributed by atoms with Crippen LogP contribution in [-0.4, -0.2) is 35.0 Å². The van der Waals surface area contributed by atoms with Gasteiger partial charge in [-0.1, -0.05) is 0 Å². The van der Waals surface area contributed by atoms with Gasteiger partial charge in [-0.2, -0.15) is 0 Å². The molecule has 1 unspecified atom stereocenters. The summed E-state index contributed by atoms with van der Waals surface area (Å²) in [4.78, 5) is 13.4. The number of carbonyl (C=O) groups excluding carboxylic acids is 1. The molecular weight excluding hydrogens is 211 g/mol. The molecule has 1 aromatic carbocycles. The Bertz CT molecular complexity index is 422. The van der Waals surface area contributed by atoms with E-state index in [1.807, 2.05) is 0 Å². The highest BCUT2D eigenvalue weighted by molar-refractivity contribution is 5.97. The number of hydrogen-bond donors (Lipinski definition) is 2. The number of phenolic OH excluding ortho intramolecular Hbond substituents is 1. The van der Waals surface area contributed by atoms with Crippen LogP contribution in [0.15, 0.2) is 18.2 Å². The van der Waals surface area contributed by atoms with Gasteiger partial charge in [-0.3, -0.25) is 4.79 Å². The summed E-state index contributed by atoms with van der Waals surface area (Å²) in [5.74, 6) is -1.11. The number of likely N-dealkylation sites (tertiary alicyclic amines) is 1. The Hall–Kier alpha value is -1.62. The number of benzene rings is 1. The molecule has 3 N–H and O–H groups in total. The molecule has 1 fully saturated rings. The minimum absolute atomic E-state index is 0.00546. The van der Waals surface area contributed by atoms with Gasteiger partial charge < -0.3 is 15.7 Å². The Labute approximate surface area is 92.5 Å². The van der Waals surface area contributed by atoms with Gasteiger partial charge in [0.05, 0.1) is 5.56 Å². The molecule has 1 aliphatic heterocycles. The number of halogens is 1. The van der Waals surface area contributed by atoms with Crippen molar-refractivity contribution < 1.29 is 14.3 Å². The van der Waals surface area contributed by atoms with E-state index in [0.717, 1.165) is 18.6 Å². The van der Waals surface area contributed by atoms with Crippen LogP contribution < -0.4 is 5.73 Å². The molecule has 1 heterocycles. The number of nitrogens with zero attached hydrogens (tertiary/aromatic N) is 1. The van der Waals surface area contributed by atoms with E-state index in [-0.39, 0.29) is 23.3 Å². The zero-order valence-electron chi connectivity index (χ0n) is 8.69. The first-order chi connectivity index (χ1) is 7.58. The highest BCUT2D eigenvalue weighted by Gasteiger charge is 2.26. The minimum Gasteiger partial charge on any atom is -0.507 e. The molecule has 1 saturated heterocycles. The first-order valence-corrected chi connectivity index (χ1v) is 5.11. The van der Waals surface area contributed by atoms with Gasteiger partial charge in [0.2, 0.25) is 0 Å². The predicted octanol–water partition coefficient (Wildman–Crippen LogP) is 0.704. The molecule has 1 aromatic rings. The Kier molecular flexibility index (Phi) is 2.78. The smallest absolute Gasteiger partial charge is 0.257 e. The third kappa shape index (κ3) is 1.99. The fourth-order valence-electron chi connectivity index (χ4n) is 1.82. The van der Waals surface area contributed by atoms with Crippen LogP contribution in [-0.2, 0) is 0 Å². The number of aromatic hydroxyl groups is 1. The summed E-state index contributed by atoms with van der Waals surface area (Å²) < 4.78 is 13.0. The normalized spacial score (nSPS) is 20.1. The fraction of sp³-hybridized carbons (Fsp3) is 0.364. The molecule has 1 atom stereocenters. The summed E-state index contributed by atoms with van der Waals surface area (Å²) in [6, 6.07) is 3.31. The van der Waals surface area contributed by atoms with Crippen LogP contribution in [0.4, 0.5) is 4.39 Å². The number of phenols is 1. The topological polar surface area (TPSA) is 66.6 Å². The van der Waals surface area contributed by atoms with Gasteiger partial charge in [-0.05, 0) is 24.6 Å². The number of carbonyl (C=O) groups is 1. The molecule has 2 rings (SSSR count). The lowest BCUT2D eigenvalue weighted by molar-refractivity contribution is 0.0787. The van der Waals surface area contributed by atoms with Gasteiger partial charge in [0.25, 0.3) is 5.91 Å². The van der Waals surface area contributed by atoms with E-state index in [4.69, 9.17) is 5.73 Å². The maximum atomic E-state index is 13.0. The molecule has 86 valence electrons. The Morgan fingerprint density at radius 3 is 2.94 bits per heavy atom. The lowest BCUT2D eigenvalue weighted by atomic mass is 10.1. The van der Waals surface area contributed by atoms with Crippen LogP contribution in [0.5, 0.6) is 5.75 Å². The Morgan fingerprint density at radius 2 is 2.31 bits per heavy atom. The summed E-state index contributed by atoms with van der Waals surface area (Å²) in [6.07, 6.45) is 0.738. The van der Waals surface area contributed by atoms with Crippen LogP contribution in [0.1, 0.15) is 16.8 Å². The second-order valence-electron chi connectivity index (χ2n) is 3.96. The maximum Gasteiger partial charge on any atom is 0.257 e. The molecular formula is C11H13FN2O2. The van der Waals surface area contributed by atoms with Crippen molar-refractivity contribution in [3.63, 3.8) is 0 Å². The molecule has 0 saturated carbocycles.